The average Bonchev–Trinajstić information content (AvgIpc) is 2.43. The second-order valence-corrected chi connectivity index (χ2v) is 4.86. The van der Waals surface area contributed by atoms with Crippen LogP contribution in [0.1, 0.15) is 28.8 Å². The minimum absolute atomic E-state index is 0.0826. The highest BCUT2D eigenvalue weighted by atomic mass is 16.5. The highest BCUT2D eigenvalue weighted by Gasteiger charge is 2.19. The van der Waals surface area contributed by atoms with E-state index in [9.17, 15) is 15.0 Å². The second kappa shape index (κ2) is 6.04. The SMILES string of the molecule is COc1cc(C=O)cc(CN2CCC(O)CC2)c1O. The first-order valence-corrected chi connectivity index (χ1v) is 6.39. The van der Waals surface area contributed by atoms with Crippen molar-refractivity contribution in [3.05, 3.63) is 23.3 Å². The van der Waals surface area contributed by atoms with E-state index in [-0.39, 0.29) is 11.9 Å². The first kappa shape index (κ1) is 13.8. The molecule has 1 aliphatic heterocycles. The van der Waals surface area contributed by atoms with E-state index in [1.165, 1.54) is 13.2 Å². The number of methoxy groups -OCH3 is 1. The largest absolute Gasteiger partial charge is 0.504 e. The van der Waals surface area contributed by atoms with Crippen LogP contribution < -0.4 is 4.74 Å². The van der Waals surface area contributed by atoms with Crippen LogP contribution in [0.3, 0.4) is 0 Å². The van der Waals surface area contributed by atoms with Crippen molar-refractivity contribution >= 4 is 6.29 Å². The zero-order valence-electron chi connectivity index (χ0n) is 11.0. The maximum atomic E-state index is 10.9. The lowest BCUT2D eigenvalue weighted by Crippen LogP contribution is -2.35. The smallest absolute Gasteiger partial charge is 0.162 e. The maximum Gasteiger partial charge on any atom is 0.162 e. The van der Waals surface area contributed by atoms with Crippen molar-refractivity contribution < 1.29 is 19.7 Å². The lowest BCUT2D eigenvalue weighted by atomic mass is 10.0. The number of phenolic OH excluding ortho intramolecular Hbond substituents is 1. The molecule has 1 saturated heterocycles. The molecule has 0 amide bonds. The average molecular weight is 265 g/mol. The number of carbonyl (C=O) groups is 1. The Labute approximate surface area is 112 Å². The Kier molecular flexibility index (Phi) is 4.39. The Hall–Kier alpha value is -1.59. The number of hydrogen-bond acceptors (Lipinski definition) is 5. The van der Waals surface area contributed by atoms with Crippen molar-refractivity contribution in [3.63, 3.8) is 0 Å². The molecule has 0 unspecified atom stereocenters. The summed E-state index contributed by atoms with van der Waals surface area (Å²) in [5, 5.41) is 19.5. The summed E-state index contributed by atoms with van der Waals surface area (Å²) in [6.45, 7) is 2.12. The molecule has 2 N–H and O–H groups in total. The van der Waals surface area contributed by atoms with E-state index < -0.39 is 0 Å². The number of benzene rings is 1. The van der Waals surface area contributed by atoms with E-state index in [4.69, 9.17) is 4.74 Å². The van der Waals surface area contributed by atoms with E-state index in [0.717, 1.165) is 32.2 Å². The molecule has 2 rings (SSSR count). The molecule has 5 heteroatoms. The highest BCUT2D eigenvalue weighted by Crippen LogP contribution is 2.32. The molecular formula is C14H19NO4. The van der Waals surface area contributed by atoms with E-state index in [1.54, 1.807) is 6.07 Å². The molecule has 0 spiro atoms. The quantitative estimate of drug-likeness (QED) is 0.800. The number of nitrogens with zero attached hydrogens (tertiary/aromatic N) is 1. The molecule has 19 heavy (non-hydrogen) atoms. The Morgan fingerprint density at radius 1 is 1.42 bits per heavy atom. The summed E-state index contributed by atoms with van der Waals surface area (Å²) in [5.74, 6) is 0.399. The van der Waals surface area contributed by atoms with Crippen LogP contribution in [0.4, 0.5) is 0 Å². The van der Waals surface area contributed by atoms with Gasteiger partial charge in [-0.05, 0) is 25.0 Å². The van der Waals surface area contributed by atoms with Crippen LogP contribution in [0.2, 0.25) is 0 Å². The molecule has 1 aromatic carbocycles. The number of likely N-dealkylation sites (tertiary alicyclic amines) is 1. The van der Waals surface area contributed by atoms with E-state index in [2.05, 4.69) is 4.90 Å². The third kappa shape index (κ3) is 3.24. The van der Waals surface area contributed by atoms with Gasteiger partial charge in [-0.1, -0.05) is 0 Å². The predicted octanol–water partition coefficient (Wildman–Crippen LogP) is 1.17. The van der Waals surface area contributed by atoms with Crippen LogP contribution in [-0.4, -0.2) is 47.7 Å². The molecule has 0 atom stereocenters. The number of piperidine rings is 1. The molecule has 0 bridgehead atoms. The number of hydrogen-bond donors (Lipinski definition) is 2. The molecule has 1 heterocycles. The molecule has 1 fully saturated rings. The Morgan fingerprint density at radius 2 is 2.11 bits per heavy atom. The summed E-state index contributed by atoms with van der Waals surface area (Å²) in [6, 6.07) is 3.20. The van der Waals surface area contributed by atoms with E-state index >= 15 is 0 Å². The van der Waals surface area contributed by atoms with Crippen LogP contribution in [-0.2, 0) is 6.54 Å². The van der Waals surface area contributed by atoms with Crippen molar-refractivity contribution in [2.75, 3.05) is 20.2 Å². The van der Waals surface area contributed by atoms with Crippen LogP contribution in [0.25, 0.3) is 0 Å². The Morgan fingerprint density at radius 3 is 2.68 bits per heavy atom. The number of aliphatic hydroxyl groups excluding tert-OH is 1. The van der Waals surface area contributed by atoms with Gasteiger partial charge in [-0.2, -0.15) is 0 Å². The summed E-state index contributed by atoms with van der Waals surface area (Å²) in [7, 11) is 1.46. The van der Waals surface area contributed by atoms with Gasteiger partial charge in [0, 0.05) is 30.8 Å². The fraction of sp³-hybridized carbons (Fsp3) is 0.500. The zero-order chi connectivity index (χ0) is 13.8. The van der Waals surface area contributed by atoms with Crippen molar-refractivity contribution in [2.24, 2.45) is 0 Å². The van der Waals surface area contributed by atoms with Gasteiger partial charge in [0.1, 0.15) is 6.29 Å². The normalized spacial score (nSPS) is 17.4. The predicted molar refractivity (Wildman–Crippen MR) is 70.6 cm³/mol. The first-order chi connectivity index (χ1) is 9.13. The van der Waals surface area contributed by atoms with E-state index in [1.807, 2.05) is 0 Å². The minimum Gasteiger partial charge on any atom is -0.504 e. The van der Waals surface area contributed by atoms with Crippen LogP contribution in [0.15, 0.2) is 12.1 Å². The lowest BCUT2D eigenvalue weighted by Gasteiger charge is -2.29. The number of aliphatic hydroxyl groups is 1. The van der Waals surface area contributed by atoms with Gasteiger partial charge < -0.3 is 14.9 Å². The van der Waals surface area contributed by atoms with Crippen molar-refractivity contribution in [3.8, 4) is 11.5 Å². The van der Waals surface area contributed by atoms with Crippen LogP contribution in [0, 0.1) is 0 Å². The van der Waals surface area contributed by atoms with Gasteiger partial charge in [-0.3, -0.25) is 9.69 Å². The van der Waals surface area contributed by atoms with Crippen LogP contribution in [0.5, 0.6) is 11.5 Å². The monoisotopic (exact) mass is 265 g/mol. The molecule has 1 aliphatic rings. The standard InChI is InChI=1S/C14H19NO4/c1-19-13-7-10(9-16)6-11(14(13)18)8-15-4-2-12(17)3-5-15/h6-7,9,12,17-18H,2-5,8H2,1H3. The fourth-order valence-corrected chi connectivity index (χ4v) is 2.35. The van der Waals surface area contributed by atoms with Gasteiger partial charge in [0.15, 0.2) is 11.5 Å². The summed E-state index contributed by atoms with van der Waals surface area (Å²) in [5.41, 5.74) is 1.17. The van der Waals surface area contributed by atoms with Crippen LogP contribution >= 0.6 is 0 Å². The summed E-state index contributed by atoms with van der Waals surface area (Å²) >= 11 is 0. The van der Waals surface area contributed by atoms with Crippen molar-refractivity contribution in [1.82, 2.24) is 4.90 Å². The Balaban J connectivity index is 2.17. The van der Waals surface area contributed by atoms with Crippen molar-refractivity contribution in [1.29, 1.82) is 0 Å². The second-order valence-electron chi connectivity index (χ2n) is 4.86. The fourth-order valence-electron chi connectivity index (χ4n) is 2.35. The molecular weight excluding hydrogens is 246 g/mol. The molecule has 0 saturated carbocycles. The number of rotatable bonds is 4. The molecule has 104 valence electrons. The number of phenols is 1. The summed E-state index contributed by atoms with van der Waals surface area (Å²) < 4.78 is 5.07. The van der Waals surface area contributed by atoms with Gasteiger partial charge in [-0.25, -0.2) is 0 Å². The maximum absolute atomic E-state index is 10.9. The Bertz CT molecular complexity index is 453. The number of ether oxygens (including phenoxy) is 1. The van der Waals surface area contributed by atoms with Gasteiger partial charge >= 0.3 is 0 Å². The summed E-state index contributed by atoms with van der Waals surface area (Å²) in [6.07, 6.45) is 2.00. The minimum atomic E-state index is -0.222. The topological polar surface area (TPSA) is 70.0 Å². The third-order valence-electron chi connectivity index (χ3n) is 3.48. The molecule has 0 radical (unpaired) electrons. The lowest BCUT2D eigenvalue weighted by molar-refractivity contribution is 0.0788. The molecule has 1 aromatic rings. The zero-order valence-corrected chi connectivity index (χ0v) is 11.0. The molecule has 5 nitrogen and oxygen atoms in total. The van der Waals surface area contributed by atoms with Gasteiger partial charge in [0.25, 0.3) is 0 Å². The number of carbonyl (C=O) groups excluding carboxylic acids is 1. The highest BCUT2D eigenvalue weighted by molar-refractivity contribution is 5.77. The van der Waals surface area contributed by atoms with Crippen molar-refractivity contribution in [2.45, 2.75) is 25.5 Å². The summed E-state index contributed by atoms with van der Waals surface area (Å²) in [4.78, 5) is 13.0. The van der Waals surface area contributed by atoms with Gasteiger partial charge in [0.2, 0.25) is 0 Å². The number of aromatic hydroxyl groups is 1. The van der Waals surface area contributed by atoms with Gasteiger partial charge in [-0.15, -0.1) is 0 Å². The van der Waals surface area contributed by atoms with E-state index in [0.29, 0.717) is 23.4 Å². The number of aldehydes is 1. The first-order valence-electron chi connectivity index (χ1n) is 6.39. The third-order valence-corrected chi connectivity index (χ3v) is 3.48. The molecule has 0 aliphatic carbocycles. The molecule has 0 aromatic heterocycles. The van der Waals surface area contributed by atoms with Gasteiger partial charge in [0.05, 0.1) is 13.2 Å².